The van der Waals surface area contributed by atoms with Gasteiger partial charge in [0, 0.05) is 36.4 Å². The molecule has 2 unspecified atom stereocenters. The van der Waals surface area contributed by atoms with Crippen molar-refractivity contribution in [2.45, 2.75) is 52.2 Å². The summed E-state index contributed by atoms with van der Waals surface area (Å²) in [5, 5.41) is 5.27. The molecule has 176 valence electrons. The van der Waals surface area contributed by atoms with Gasteiger partial charge in [-0.15, -0.1) is 0 Å². The van der Waals surface area contributed by atoms with Crippen LogP contribution in [0.5, 0.6) is 0 Å². The summed E-state index contributed by atoms with van der Waals surface area (Å²) in [6.45, 7) is 4.06. The van der Waals surface area contributed by atoms with E-state index in [0.29, 0.717) is 25.8 Å². The van der Waals surface area contributed by atoms with Gasteiger partial charge in [0.2, 0.25) is 5.78 Å². The van der Waals surface area contributed by atoms with Gasteiger partial charge >= 0.3 is 6.09 Å². The molecular weight excluding hydrogens is 442 g/mol. The lowest BCUT2D eigenvalue weighted by atomic mass is 9.86. The number of nitrogens with one attached hydrogen (secondary N) is 2. The van der Waals surface area contributed by atoms with E-state index >= 15 is 0 Å². The minimum absolute atomic E-state index is 0.0873. The molecule has 0 saturated heterocycles. The van der Waals surface area contributed by atoms with E-state index in [1.54, 1.807) is 6.20 Å². The second kappa shape index (κ2) is 11.7. The Morgan fingerprint density at radius 1 is 1.21 bits per heavy atom. The molecule has 1 aromatic carbocycles. The normalized spacial score (nSPS) is 17.6. The van der Waals surface area contributed by atoms with Crippen LogP contribution < -0.4 is 10.6 Å². The first-order chi connectivity index (χ1) is 15.8. The van der Waals surface area contributed by atoms with Gasteiger partial charge in [-0.2, -0.15) is 0 Å². The number of alkyl carbamates (subject to hydrolysis) is 1. The number of amides is 2. The second-order valence-electron chi connectivity index (χ2n) is 8.48. The number of ether oxygens (including phenoxy) is 1. The van der Waals surface area contributed by atoms with E-state index in [-0.39, 0.29) is 24.7 Å². The summed E-state index contributed by atoms with van der Waals surface area (Å²) < 4.78 is 9.46. The fraction of sp³-hybridized carbons (Fsp3) is 0.458. The van der Waals surface area contributed by atoms with Crippen molar-refractivity contribution in [2.75, 3.05) is 6.54 Å². The van der Waals surface area contributed by atoms with Gasteiger partial charge in [0.25, 0.3) is 5.91 Å². The zero-order chi connectivity index (χ0) is 23.8. The number of hydrogen-bond donors (Lipinski definition) is 2. The van der Waals surface area contributed by atoms with Crippen LogP contribution in [-0.4, -0.2) is 40.5 Å². The summed E-state index contributed by atoms with van der Waals surface area (Å²) >= 11 is 1.39. The monoisotopic (exact) mass is 471 g/mol. The fourth-order valence-corrected chi connectivity index (χ4v) is 4.57. The van der Waals surface area contributed by atoms with Gasteiger partial charge in [-0.1, -0.05) is 44.2 Å². The number of hydrogen-bond acceptors (Lipinski definition) is 7. The maximum absolute atomic E-state index is 13.1. The first kappa shape index (κ1) is 24.6. The second-order valence-corrected chi connectivity index (χ2v) is 9.36. The average molecular weight is 472 g/mol. The van der Waals surface area contributed by atoms with E-state index in [1.807, 2.05) is 44.2 Å². The lowest BCUT2D eigenvalue weighted by molar-refractivity contribution is -0.141. The van der Waals surface area contributed by atoms with Crippen molar-refractivity contribution in [3.63, 3.8) is 0 Å². The van der Waals surface area contributed by atoms with Crippen molar-refractivity contribution in [3.05, 3.63) is 52.5 Å². The molecule has 0 radical (unpaired) electrons. The first-order valence-electron chi connectivity index (χ1n) is 11.1. The number of rotatable bonds is 7. The lowest BCUT2D eigenvalue weighted by Gasteiger charge is -2.23. The molecular formula is C24H29N3O5S. The highest BCUT2D eigenvalue weighted by Gasteiger charge is 2.32. The van der Waals surface area contributed by atoms with Gasteiger partial charge < -0.3 is 15.4 Å². The SMILES string of the molecule is CC(C)C(NC(=O)OCc1ccccc1)C(=O)CC1CCc2cnsc2CCNC(=O)C1=O. The number of benzene rings is 1. The van der Waals surface area contributed by atoms with Crippen LogP contribution in [0.15, 0.2) is 36.5 Å². The van der Waals surface area contributed by atoms with E-state index in [9.17, 15) is 19.2 Å². The third-order valence-electron chi connectivity index (χ3n) is 5.67. The first-order valence-corrected chi connectivity index (χ1v) is 11.9. The maximum atomic E-state index is 13.1. The lowest BCUT2D eigenvalue weighted by Crippen LogP contribution is -2.46. The minimum Gasteiger partial charge on any atom is -0.445 e. The van der Waals surface area contributed by atoms with Crippen LogP contribution in [0.4, 0.5) is 4.79 Å². The molecule has 0 fully saturated rings. The summed E-state index contributed by atoms with van der Waals surface area (Å²) in [5.41, 5.74) is 1.88. The molecule has 3 rings (SSSR count). The standard InChI is InChI=1S/C24H29N3O5S/c1-15(2)21(27-24(31)32-14-16-6-4-3-5-7-16)19(28)12-17-8-9-18-13-26-33-20(18)10-11-25-23(30)22(17)29/h3-7,13,15,17,21H,8-12,14H2,1-2H3,(H,25,30)(H,27,31). The Hall–Kier alpha value is -3.07. The van der Waals surface area contributed by atoms with Crippen LogP contribution in [0.1, 0.15) is 42.7 Å². The van der Waals surface area contributed by atoms with E-state index in [0.717, 1.165) is 16.0 Å². The predicted octanol–water partition coefficient (Wildman–Crippen LogP) is 2.84. The summed E-state index contributed by atoms with van der Waals surface area (Å²) in [6.07, 6.45) is 2.53. The summed E-state index contributed by atoms with van der Waals surface area (Å²) in [4.78, 5) is 51.5. The molecule has 2 heterocycles. The molecule has 8 nitrogen and oxygen atoms in total. The quantitative estimate of drug-likeness (QED) is 0.600. The van der Waals surface area contributed by atoms with Crippen LogP contribution in [0.3, 0.4) is 0 Å². The van der Waals surface area contributed by atoms with Crippen molar-refractivity contribution >= 4 is 35.1 Å². The van der Waals surface area contributed by atoms with Crippen LogP contribution >= 0.6 is 11.5 Å². The molecule has 0 bridgehead atoms. The molecule has 33 heavy (non-hydrogen) atoms. The van der Waals surface area contributed by atoms with Crippen molar-refractivity contribution in [1.29, 1.82) is 0 Å². The highest BCUT2D eigenvalue weighted by molar-refractivity contribution is 7.05. The van der Waals surface area contributed by atoms with Crippen molar-refractivity contribution < 1.29 is 23.9 Å². The largest absolute Gasteiger partial charge is 0.445 e. The molecule has 0 saturated carbocycles. The van der Waals surface area contributed by atoms with Crippen LogP contribution in [0.2, 0.25) is 0 Å². The topological polar surface area (TPSA) is 114 Å². The molecule has 2 amide bonds. The number of carbonyl (C=O) groups is 4. The van der Waals surface area contributed by atoms with Gasteiger partial charge in [-0.3, -0.25) is 14.4 Å². The fourth-order valence-electron chi connectivity index (χ4n) is 3.79. The smallest absolute Gasteiger partial charge is 0.408 e. The zero-order valence-corrected chi connectivity index (χ0v) is 19.7. The third-order valence-corrected chi connectivity index (χ3v) is 6.57. The zero-order valence-electron chi connectivity index (χ0n) is 18.8. The molecule has 9 heteroatoms. The van der Waals surface area contributed by atoms with E-state index in [1.165, 1.54) is 11.5 Å². The molecule has 0 aliphatic carbocycles. The molecule has 1 aliphatic heterocycles. The molecule has 1 aromatic heterocycles. The highest BCUT2D eigenvalue weighted by atomic mass is 32.1. The molecule has 2 atom stereocenters. The Morgan fingerprint density at radius 3 is 2.70 bits per heavy atom. The Labute approximate surface area is 197 Å². The number of fused-ring (bicyclic) bond motifs is 1. The Balaban J connectivity index is 1.64. The highest BCUT2D eigenvalue weighted by Crippen LogP contribution is 2.23. The Bertz CT molecular complexity index is 989. The maximum Gasteiger partial charge on any atom is 0.408 e. The number of aromatic nitrogens is 1. The number of ketones is 2. The number of carbonyl (C=O) groups excluding carboxylic acids is 4. The van der Waals surface area contributed by atoms with Crippen molar-refractivity contribution in [2.24, 2.45) is 11.8 Å². The van der Waals surface area contributed by atoms with Gasteiger partial charge in [0.15, 0.2) is 5.78 Å². The predicted molar refractivity (Wildman–Crippen MR) is 124 cm³/mol. The van der Waals surface area contributed by atoms with E-state index in [4.69, 9.17) is 4.74 Å². The van der Waals surface area contributed by atoms with Gasteiger partial charge in [0.1, 0.15) is 6.61 Å². The van der Waals surface area contributed by atoms with Gasteiger partial charge in [-0.05, 0) is 41.4 Å². The molecule has 2 N–H and O–H groups in total. The number of Topliss-reactive ketones (excluding diaryl/α,β-unsaturated/α-hetero) is 2. The number of nitrogens with zero attached hydrogens (tertiary/aromatic N) is 1. The average Bonchev–Trinajstić information content (AvgIpc) is 3.25. The van der Waals surface area contributed by atoms with Gasteiger partial charge in [0.05, 0.1) is 6.04 Å². The summed E-state index contributed by atoms with van der Waals surface area (Å²) in [6, 6.07) is 8.41. The number of aryl methyl sites for hydroxylation is 1. The van der Waals surface area contributed by atoms with Crippen LogP contribution in [0, 0.1) is 11.8 Å². The Morgan fingerprint density at radius 2 is 1.97 bits per heavy atom. The summed E-state index contributed by atoms with van der Waals surface area (Å²) in [5.74, 6) is -2.53. The van der Waals surface area contributed by atoms with Crippen LogP contribution in [0.25, 0.3) is 0 Å². The minimum atomic E-state index is -0.821. The van der Waals surface area contributed by atoms with Crippen molar-refractivity contribution in [3.8, 4) is 0 Å². The van der Waals surface area contributed by atoms with Gasteiger partial charge in [-0.25, -0.2) is 9.17 Å². The van der Waals surface area contributed by atoms with Crippen LogP contribution in [-0.2, 0) is 38.6 Å². The summed E-state index contributed by atoms with van der Waals surface area (Å²) in [7, 11) is 0. The van der Waals surface area contributed by atoms with E-state index < -0.39 is 29.7 Å². The third kappa shape index (κ3) is 6.95. The molecule has 2 aromatic rings. The van der Waals surface area contributed by atoms with E-state index in [2.05, 4.69) is 15.0 Å². The van der Waals surface area contributed by atoms with Crippen molar-refractivity contribution in [1.82, 2.24) is 15.0 Å². The molecule has 1 aliphatic rings. The molecule has 0 spiro atoms. The Kier molecular flexibility index (Phi) is 8.71.